The molecule has 0 fully saturated rings. The van der Waals surface area contributed by atoms with Crippen molar-refractivity contribution in [3.05, 3.63) is 18.0 Å². The molecule has 17 heavy (non-hydrogen) atoms. The second kappa shape index (κ2) is 7.06. The van der Waals surface area contributed by atoms with Crippen LogP contribution in [-0.2, 0) is 11.3 Å². The van der Waals surface area contributed by atoms with E-state index in [1.54, 1.807) is 6.07 Å². The molecule has 1 aromatic rings. The first-order valence-corrected chi connectivity index (χ1v) is 5.97. The number of carbonyl (C=O) groups excluding carboxylic acids is 1. The highest BCUT2D eigenvalue weighted by Gasteiger charge is 2.14. The molecule has 1 amide bonds. The third-order valence-corrected chi connectivity index (χ3v) is 2.57. The Balaban J connectivity index is 2.27. The summed E-state index contributed by atoms with van der Waals surface area (Å²) in [5.41, 5.74) is 6.38. The predicted octanol–water partition coefficient (Wildman–Crippen LogP) is 1.30. The predicted molar refractivity (Wildman–Crippen MR) is 65.0 cm³/mol. The Kier molecular flexibility index (Phi) is 5.69. The number of carbonyl (C=O) groups is 1. The Morgan fingerprint density at radius 3 is 2.88 bits per heavy atom. The first-order chi connectivity index (χ1) is 8.11. The van der Waals surface area contributed by atoms with E-state index in [1.807, 2.05) is 0 Å². The molecule has 0 bridgehead atoms. The Hall–Kier alpha value is -1.36. The summed E-state index contributed by atoms with van der Waals surface area (Å²) in [6.07, 6.45) is 2.95. The van der Waals surface area contributed by atoms with Crippen molar-refractivity contribution >= 4 is 5.91 Å². The summed E-state index contributed by atoms with van der Waals surface area (Å²) >= 11 is 0. The summed E-state index contributed by atoms with van der Waals surface area (Å²) in [5.74, 6) is 0.836. The molecule has 1 rings (SSSR count). The van der Waals surface area contributed by atoms with Crippen LogP contribution in [0.2, 0.25) is 0 Å². The molecule has 1 heterocycles. The normalized spacial score (nSPS) is 12.7. The summed E-state index contributed by atoms with van der Waals surface area (Å²) in [5, 5.41) is 6.53. The maximum atomic E-state index is 11.7. The van der Waals surface area contributed by atoms with Crippen LogP contribution >= 0.6 is 0 Å². The van der Waals surface area contributed by atoms with Crippen LogP contribution in [-0.4, -0.2) is 17.6 Å². The molecule has 0 saturated carbocycles. The summed E-state index contributed by atoms with van der Waals surface area (Å²) in [7, 11) is 0. The van der Waals surface area contributed by atoms with Crippen molar-refractivity contribution in [3.63, 3.8) is 0 Å². The number of aromatic nitrogens is 1. The number of nitrogens with one attached hydrogen (secondary N) is 1. The van der Waals surface area contributed by atoms with Gasteiger partial charge < -0.3 is 15.6 Å². The average Bonchev–Trinajstić information content (AvgIpc) is 2.77. The fourth-order valence-corrected chi connectivity index (χ4v) is 1.78. The van der Waals surface area contributed by atoms with Gasteiger partial charge in [-0.2, -0.15) is 0 Å². The second-order valence-corrected chi connectivity index (χ2v) is 4.70. The third kappa shape index (κ3) is 5.49. The van der Waals surface area contributed by atoms with Gasteiger partial charge in [-0.25, -0.2) is 0 Å². The van der Waals surface area contributed by atoms with E-state index in [4.69, 9.17) is 5.73 Å². The van der Waals surface area contributed by atoms with E-state index >= 15 is 0 Å². The van der Waals surface area contributed by atoms with Crippen molar-refractivity contribution in [2.75, 3.05) is 6.54 Å². The highest BCUT2D eigenvalue weighted by molar-refractivity contribution is 5.76. The largest absolute Gasteiger partial charge is 0.364 e. The lowest BCUT2D eigenvalue weighted by Crippen LogP contribution is -2.28. The Morgan fingerprint density at radius 2 is 2.35 bits per heavy atom. The zero-order chi connectivity index (χ0) is 12.7. The van der Waals surface area contributed by atoms with Gasteiger partial charge in [-0.15, -0.1) is 0 Å². The van der Waals surface area contributed by atoms with Gasteiger partial charge in [0.15, 0.2) is 0 Å². The Bertz CT molecular complexity index is 323. The van der Waals surface area contributed by atoms with Crippen LogP contribution in [0.5, 0.6) is 0 Å². The van der Waals surface area contributed by atoms with Gasteiger partial charge in [-0.05, 0) is 24.8 Å². The molecule has 0 saturated heterocycles. The van der Waals surface area contributed by atoms with E-state index in [0.717, 1.165) is 12.1 Å². The quantitative estimate of drug-likeness (QED) is 0.751. The zero-order valence-electron chi connectivity index (χ0n) is 10.5. The first-order valence-electron chi connectivity index (χ1n) is 5.97. The molecule has 0 aliphatic carbocycles. The molecule has 1 aromatic heterocycles. The monoisotopic (exact) mass is 239 g/mol. The number of hydrogen-bond donors (Lipinski definition) is 2. The minimum absolute atomic E-state index is 0.0177. The molecule has 0 aliphatic rings. The van der Waals surface area contributed by atoms with Crippen molar-refractivity contribution in [1.82, 2.24) is 10.5 Å². The van der Waals surface area contributed by atoms with Gasteiger partial charge in [0.25, 0.3) is 0 Å². The highest BCUT2D eigenvalue weighted by atomic mass is 16.5. The summed E-state index contributed by atoms with van der Waals surface area (Å²) in [6.45, 7) is 5.23. The third-order valence-electron chi connectivity index (χ3n) is 2.57. The molecule has 0 aromatic carbocycles. The lowest BCUT2D eigenvalue weighted by atomic mass is 9.94. The maximum Gasteiger partial charge on any atom is 0.220 e. The topological polar surface area (TPSA) is 81.2 Å². The standard InChI is InChI=1S/C12H21N3O2/c1-9(2)5-10(7-13)6-12(16)14-8-11-3-4-17-15-11/h3-4,9-10H,5-8,13H2,1-2H3,(H,14,16)/t10-/m0/s1. The van der Waals surface area contributed by atoms with Crippen molar-refractivity contribution in [1.29, 1.82) is 0 Å². The molecule has 5 nitrogen and oxygen atoms in total. The number of nitrogens with two attached hydrogens (primary N) is 1. The van der Waals surface area contributed by atoms with E-state index < -0.39 is 0 Å². The lowest BCUT2D eigenvalue weighted by molar-refractivity contribution is -0.122. The molecule has 0 spiro atoms. The fraction of sp³-hybridized carbons (Fsp3) is 0.667. The average molecular weight is 239 g/mol. The van der Waals surface area contributed by atoms with Crippen LogP contribution in [0.25, 0.3) is 0 Å². The Labute approximate surface area is 102 Å². The molecular formula is C12H21N3O2. The van der Waals surface area contributed by atoms with Crippen LogP contribution in [0, 0.1) is 11.8 Å². The van der Waals surface area contributed by atoms with Gasteiger partial charge in [0.1, 0.15) is 12.0 Å². The van der Waals surface area contributed by atoms with E-state index in [2.05, 4.69) is 28.8 Å². The van der Waals surface area contributed by atoms with Gasteiger partial charge in [-0.1, -0.05) is 19.0 Å². The SMILES string of the molecule is CC(C)C[C@H](CN)CC(=O)NCc1ccon1. The van der Waals surface area contributed by atoms with Crippen LogP contribution in [0.15, 0.2) is 16.9 Å². The summed E-state index contributed by atoms with van der Waals surface area (Å²) in [4.78, 5) is 11.7. The van der Waals surface area contributed by atoms with Gasteiger partial charge in [0.2, 0.25) is 5.91 Å². The second-order valence-electron chi connectivity index (χ2n) is 4.70. The fourth-order valence-electron chi connectivity index (χ4n) is 1.78. The number of rotatable bonds is 7. The zero-order valence-corrected chi connectivity index (χ0v) is 10.5. The minimum Gasteiger partial charge on any atom is -0.364 e. The van der Waals surface area contributed by atoms with Crippen molar-refractivity contribution in [2.24, 2.45) is 17.6 Å². The van der Waals surface area contributed by atoms with Crippen LogP contribution in [0.3, 0.4) is 0 Å². The van der Waals surface area contributed by atoms with Crippen molar-refractivity contribution in [2.45, 2.75) is 33.2 Å². The van der Waals surface area contributed by atoms with E-state index in [-0.39, 0.29) is 11.8 Å². The van der Waals surface area contributed by atoms with E-state index in [9.17, 15) is 4.79 Å². The molecule has 96 valence electrons. The number of nitrogens with zero attached hydrogens (tertiary/aromatic N) is 1. The molecule has 5 heteroatoms. The van der Waals surface area contributed by atoms with Gasteiger partial charge in [-0.3, -0.25) is 4.79 Å². The smallest absolute Gasteiger partial charge is 0.220 e. The van der Waals surface area contributed by atoms with Crippen molar-refractivity contribution < 1.29 is 9.32 Å². The maximum absolute atomic E-state index is 11.7. The number of amides is 1. The molecule has 0 unspecified atom stereocenters. The molecule has 0 radical (unpaired) electrons. The minimum atomic E-state index is 0.0177. The van der Waals surface area contributed by atoms with Gasteiger partial charge in [0.05, 0.1) is 6.54 Å². The molecule has 0 aliphatic heterocycles. The number of hydrogen-bond acceptors (Lipinski definition) is 4. The van der Waals surface area contributed by atoms with E-state index in [0.29, 0.717) is 25.4 Å². The van der Waals surface area contributed by atoms with Crippen LogP contribution in [0.1, 0.15) is 32.4 Å². The van der Waals surface area contributed by atoms with E-state index in [1.165, 1.54) is 6.26 Å². The van der Waals surface area contributed by atoms with Crippen molar-refractivity contribution in [3.8, 4) is 0 Å². The molecule has 3 N–H and O–H groups in total. The Morgan fingerprint density at radius 1 is 1.59 bits per heavy atom. The lowest BCUT2D eigenvalue weighted by Gasteiger charge is -2.16. The van der Waals surface area contributed by atoms with Gasteiger partial charge in [0, 0.05) is 12.5 Å². The summed E-state index contributed by atoms with van der Waals surface area (Å²) in [6, 6.07) is 1.73. The van der Waals surface area contributed by atoms with Crippen LogP contribution < -0.4 is 11.1 Å². The van der Waals surface area contributed by atoms with Crippen LogP contribution in [0.4, 0.5) is 0 Å². The van der Waals surface area contributed by atoms with Gasteiger partial charge >= 0.3 is 0 Å². The first kappa shape index (κ1) is 13.7. The summed E-state index contributed by atoms with van der Waals surface area (Å²) < 4.78 is 4.68. The molecule has 1 atom stereocenters. The highest BCUT2D eigenvalue weighted by Crippen LogP contribution is 2.14. The molecular weight excluding hydrogens is 218 g/mol.